The highest BCUT2D eigenvalue weighted by molar-refractivity contribution is 5.89. The fraction of sp³-hybridized carbons (Fsp3) is 0.267. The molecule has 0 atom stereocenters. The molecular formula is C15H18N2O3. The van der Waals surface area contributed by atoms with Gasteiger partial charge in [0.2, 0.25) is 5.91 Å². The molecule has 1 aromatic carbocycles. The largest absolute Gasteiger partial charge is 0.462 e. The van der Waals surface area contributed by atoms with Crippen LogP contribution in [0.15, 0.2) is 34.7 Å². The number of hydrogen-bond acceptors (Lipinski definition) is 4. The summed E-state index contributed by atoms with van der Waals surface area (Å²) in [5, 5.41) is 14.9. The van der Waals surface area contributed by atoms with Crippen LogP contribution in [0.4, 0.5) is 11.4 Å². The molecule has 1 amide bonds. The number of rotatable bonds is 5. The van der Waals surface area contributed by atoms with Crippen LogP contribution in [0.1, 0.15) is 24.0 Å². The lowest BCUT2D eigenvalue weighted by atomic mass is 10.1. The topological polar surface area (TPSA) is 74.5 Å². The lowest BCUT2D eigenvalue weighted by Crippen LogP contribution is -2.07. The van der Waals surface area contributed by atoms with E-state index in [2.05, 4.69) is 10.6 Å². The molecule has 0 bridgehead atoms. The van der Waals surface area contributed by atoms with Crippen molar-refractivity contribution in [3.8, 4) is 0 Å². The van der Waals surface area contributed by atoms with Gasteiger partial charge in [0, 0.05) is 18.3 Å². The van der Waals surface area contributed by atoms with Crippen LogP contribution < -0.4 is 10.6 Å². The minimum atomic E-state index is -0.100. The van der Waals surface area contributed by atoms with Crippen molar-refractivity contribution in [2.24, 2.45) is 0 Å². The first-order chi connectivity index (χ1) is 9.58. The number of aliphatic hydroxyl groups excluding tert-OH is 1. The highest BCUT2D eigenvalue weighted by Crippen LogP contribution is 2.21. The molecule has 5 nitrogen and oxygen atoms in total. The van der Waals surface area contributed by atoms with Crippen LogP contribution in [0, 0.1) is 6.92 Å². The van der Waals surface area contributed by atoms with E-state index in [1.807, 2.05) is 31.2 Å². The summed E-state index contributed by atoms with van der Waals surface area (Å²) in [4.78, 5) is 11.1. The van der Waals surface area contributed by atoms with Crippen LogP contribution in [0.3, 0.4) is 0 Å². The Kier molecular flexibility index (Phi) is 4.42. The average Bonchev–Trinajstić information content (AvgIpc) is 2.87. The van der Waals surface area contributed by atoms with Crippen molar-refractivity contribution in [3.05, 3.63) is 47.4 Å². The number of benzene rings is 1. The second-order valence-corrected chi connectivity index (χ2v) is 4.59. The van der Waals surface area contributed by atoms with Crippen LogP contribution >= 0.6 is 0 Å². The van der Waals surface area contributed by atoms with Crippen molar-refractivity contribution in [1.29, 1.82) is 0 Å². The summed E-state index contributed by atoms with van der Waals surface area (Å²) in [7, 11) is 0. The van der Waals surface area contributed by atoms with E-state index >= 15 is 0 Å². The van der Waals surface area contributed by atoms with Crippen molar-refractivity contribution >= 4 is 17.3 Å². The minimum Gasteiger partial charge on any atom is -0.462 e. The molecule has 2 aromatic rings. The van der Waals surface area contributed by atoms with E-state index in [-0.39, 0.29) is 12.5 Å². The fourth-order valence-corrected chi connectivity index (χ4v) is 1.88. The number of hydrogen-bond donors (Lipinski definition) is 3. The molecule has 1 aromatic heterocycles. The first-order valence-corrected chi connectivity index (χ1v) is 6.39. The molecular weight excluding hydrogens is 256 g/mol. The molecule has 0 saturated carbocycles. The van der Waals surface area contributed by atoms with E-state index in [0.717, 1.165) is 22.7 Å². The number of nitrogens with one attached hydrogen (secondary N) is 2. The van der Waals surface area contributed by atoms with Crippen LogP contribution in [0.2, 0.25) is 0 Å². The SMILES string of the molecule is CC(=O)Nc1ccc(C)c(NCc2ccc(CO)o2)c1. The Morgan fingerprint density at radius 2 is 2.00 bits per heavy atom. The zero-order chi connectivity index (χ0) is 14.5. The van der Waals surface area contributed by atoms with Gasteiger partial charge in [-0.1, -0.05) is 6.07 Å². The Bertz CT molecular complexity index is 605. The number of furan rings is 1. The smallest absolute Gasteiger partial charge is 0.221 e. The standard InChI is InChI=1S/C15H18N2O3/c1-10-3-4-12(17-11(2)19)7-15(10)16-8-13-5-6-14(9-18)20-13/h3-7,16,18H,8-9H2,1-2H3,(H,17,19). The van der Waals surface area contributed by atoms with E-state index in [1.54, 1.807) is 6.07 Å². The zero-order valence-corrected chi connectivity index (χ0v) is 11.6. The molecule has 2 rings (SSSR count). The first-order valence-electron chi connectivity index (χ1n) is 6.39. The van der Waals surface area contributed by atoms with E-state index in [9.17, 15) is 4.79 Å². The molecule has 0 unspecified atom stereocenters. The number of carbonyl (C=O) groups is 1. The lowest BCUT2D eigenvalue weighted by Gasteiger charge is -2.11. The number of carbonyl (C=O) groups excluding carboxylic acids is 1. The lowest BCUT2D eigenvalue weighted by molar-refractivity contribution is -0.114. The predicted octanol–water partition coefficient (Wildman–Crippen LogP) is 2.65. The Labute approximate surface area is 117 Å². The van der Waals surface area contributed by atoms with Gasteiger partial charge in [0.15, 0.2) is 0 Å². The molecule has 0 aliphatic carbocycles. The number of aryl methyl sites for hydroxylation is 1. The van der Waals surface area contributed by atoms with Crippen molar-refractivity contribution in [3.63, 3.8) is 0 Å². The maximum absolute atomic E-state index is 11.1. The normalized spacial score (nSPS) is 10.3. The minimum absolute atomic E-state index is 0.0987. The number of anilines is 2. The summed E-state index contributed by atoms with van der Waals surface area (Å²) in [5.74, 6) is 1.20. The van der Waals surface area contributed by atoms with E-state index in [4.69, 9.17) is 9.52 Å². The first kappa shape index (κ1) is 14.1. The maximum Gasteiger partial charge on any atom is 0.221 e. The highest BCUT2D eigenvalue weighted by atomic mass is 16.4. The third-order valence-electron chi connectivity index (χ3n) is 2.88. The monoisotopic (exact) mass is 274 g/mol. The van der Waals surface area contributed by atoms with Gasteiger partial charge in [0.1, 0.15) is 18.1 Å². The summed E-state index contributed by atoms with van der Waals surface area (Å²) in [6.07, 6.45) is 0. The summed E-state index contributed by atoms with van der Waals surface area (Å²) in [5.41, 5.74) is 2.76. The molecule has 0 spiro atoms. The van der Waals surface area contributed by atoms with Crippen LogP contribution in [0.5, 0.6) is 0 Å². The second-order valence-electron chi connectivity index (χ2n) is 4.59. The summed E-state index contributed by atoms with van der Waals surface area (Å²) >= 11 is 0. The van der Waals surface area contributed by atoms with Gasteiger partial charge in [0.25, 0.3) is 0 Å². The third kappa shape index (κ3) is 3.61. The van der Waals surface area contributed by atoms with Crippen molar-refractivity contribution in [1.82, 2.24) is 0 Å². The van der Waals surface area contributed by atoms with E-state index in [1.165, 1.54) is 6.92 Å². The van der Waals surface area contributed by atoms with Gasteiger partial charge in [-0.15, -0.1) is 0 Å². The van der Waals surface area contributed by atoms with Crippen molar-refractivity contribution in [2.45, 2.75) is 27.0 Å². The molecule has 20 heavy (non-hydrogen) atoms. The van der Waals surface area contributed by atoms with Crippen LogP contribution in [-0.4, -0.2) is 11.0 Å². The summed E-state index contributed by atoms with van der Waals surface area (Å²) in [6, 6.07) is 9.25. The Morgan fingerprint density at radius 3 is 2.65 bits per heavy atom. The van der Waals surface area contributed by atoms with E-state index < -0.39 is 0 Å². The fourth-order valence-electron chi connectivity index (χ4n) is 1.88. The van der Waals surface area contributed by atoms with Gasteiger partial charge in [-0.3, -0.25) is 4.79 Å². The Hall–Kier alpha value is -2.27. The third-order valence-corrected chi connectivity index (χ3v) is 2.88. The quantitative estimate of drug-likeness (QED) is 0.783. The predicted molar refractivity (Wildman–Crippen MR) is 77.4 cm³/mol. The van der Waals surface area contributed by atoms with E-state index in [0.29, 0.717) is 12.3 Å². The summed E-state index contributed by atoms with van der Waals surface area (Å²) < 4.78 is 5.41. The molecule has 0 saturated heterocycles. The van der Waals surface area contributed by atoms with Crippen molar-refractivity contribution < 1.29 is 14.3 Å². The van der Waals surface area contributed by atoms with Gasteiger partial charge < -0.3 is 20.2 Å². The van der Waals surface area contributed by atoms with Gasteiger partial charge in [-0.05, 0) is 36.8 Å². The highest BCUT2D eigenvalue weighted by Gasteiger charge is 2.04. The van der Waals surface area contributed by atoms with Gasteiger partial charge >= 0.3 is 0 Å². The van der Waals surface area contributed by atoms with Crippen LogP contribution in [-0.2, 0) is 17.9 Å². The molecule has 106 valence electrons. The van der Waals surface area contributed by atoms with Gasteiger partial charge in [-0.2, -0.15) is 0 Å². The molecule has 0 radical (unpaired) electrons. The van der Waals surface area contributed by atoms with Crippen LogP contribution in [0.25, 0.3) is 0 Å². The maximum atomic E-state index is 11.1. The van der Waals surface area contributed by atoms with Crippen molar-refractivity contribution in [2.75, 3.05) is 10.6 Å². The van der Waals surface area contributed by atoms with Gasteiger partial charge in [0.05, 0.1) is 6.54 Å². The zero-order valence-electron chi connectivity index (χ0n) is 11.6. The summed E-state index contributed by atoms with van der Waals surface area (Å²) in [6.45, 7) is 3.88. The molecule has 1 heterocycles. The number of amides is 1. The molecule has 3 N–H and O–H groups in total. The number of aliphatic hydroxyl groups is 1. The average molecular weight is 274 g/mol. The Morgan fingerprint density at radius 1 is 1.25 bits per heavy atom. The second kappa shape index (κ2) is 6.25. The molecule has 5 heteroatoms. The molecule has 0 fully saturated rings. The Balaban J connectivity index is 2.06. The van der Waals surface area contributed by atoms with Gasteiger partial charge in [-0.25, -0.2) is 0 Å². The molecule has 0 aliphatic heterocycles. The molecule has 0 aliphatic rings.